The van der Waals surface area contributed by atoms with Gasteiger partial charge in [-0.3, -0.25) is 0 Å². The van der Waals surface area contributed by atoms with Crippen LogP contribution in [0.25, 0.3) is 11.2 Å². The second-order valence-corrected chi connectivity index (χ2v) is 4.36. The van der Waals surface area contributed by atoms with E-state index in [2.05, 4.69) is 35.3 Å². The maximum Gasteiger partial charge on any atom is 0.160 e. The SMILES string of the molecule is CCC(C)n1c(CCl)nc2c(C)ccnc21. The van der Waals surface area contributed by atoms with E-state index in [-0.39, 0.29) is 0 Å². The van der Waals surface area contributed by atoms with E-state index in [1.807, 2.05) is 12.3 Å². The van der Waals surface area contributed by atoms with Crippen LogP contribution in [0, 0.1) is 6.92 Å². The van der Waals surface area contributed by atoms with Crippen molar-refractivity contribution in [3.05, 3.63) is 23.7 Å². The standard InChI is InChI=1S/C12H16ClN3/c1-4-9(3)16-10(7-13)15-11-8(2)5-6-14-12(11)16/h5-6,9H,4,7H2,1-3H3. The van der Waals surface area contributed by atoms with Crippen LogP contribution >= 0.6 is 11.6 Å². The van der Waals surface area contributed by atoms with Crippen molar-refractivity contribution < 1.29 is 0 Å². The van der Waals surface area contributed by atoms with Crippen molar-refractivity contribution in [3.8, 4) is 0 Å². The first-order chi connectivity index (χ1) is 7.69. The first kappa shape index (κ1) is 11.4. The lowest BCUT2D eigenvalue weighted by atomic mass is 10.2. The predicted octanol–water partition coefficient (Wildman–Crippen LogP) is 3.45. The topological polar surface area (TPSA) is 30.7 Å². The summed E-state index contributed by atoms with van der Waals surface area (Å²) < 4.78 is 2.15. The Hall–Kier alpha value is -1.09. The molecule has 4 heteroatoms. The van der Waals surface area contributed by atoms with Gasteiger partial charge >= 0.3 is 0 Å². The average Bonchev–Trinajstić information content (AvgIpc) is 2.68. The number of hydrogen-bond donors (Lipinski definition) is 0. The van der Waals surface area contributed by atoms with Crippen molar-refractivity contribution in [2.45, 2.75) is 39.1 Å². The van der Waals surface area contributed by atoms with Gasteiger partial charge in [0.05, 0.1) is 5.88 Å². The van der Waals surface area contributed by atoms with Crippen molar-refractivity contribution in [2.75, 3.05) is 0 Å². The minimum Gasteiger partial charge on any atom is -0.309 e. The Morgan fingerprint density at radius 3 is 2.88 bits per heavy atom. The summed E-state index contributed by atoms with van der Waals surface area (Å²) in [6.07, 6.45) is 2.88. The van der Waals surface area contributed by atoms with E-state index in [0.29, 0.717) is 11.9 Å². The Bertz CT molecular complexity index is 504. The lowest BCUT2D eigenvalue weighted by molar-refractivity contribution is 0.527. The Morgan fingerprint density at radius 1 is 1.50 bits per heavy atom. The van der Waals surface area contributed by atoms with Gasteiger partial charge in [0.25, 0.3) is 0 Å². The van der Waals surface area contributed by atoms with Crippen molar-refractivity contribution in [2.24, 2.45) is 0 Å². The van der Waals surface area contributed by atoms with Gasteiger partial charge in [-0.05, 0) is 31.9 Å². The van der Waals surface area contributed by atoms with Crippen LogP contribution in [0.4, 0.5) is 0 Å². The molecule has 0 aliphatic carbocycles. The van der Waals surface area contributed by atoms with Crippen LogP contribution in [-0.4, -0.2) is 14.5 Å². The third-order valence-corrected chi connectivity index (χ3v) is 3.24. The fourth-order valence-electron chi connectivity index (χ4n) is 1.90. The molecule has 0 aliphatic rings. The van der Waals surface area contributed by atoms with Crippen LogP contribution in [0.3, 0.4) is 0 Å². The number of aryl methyl sites for hydroxylation is 1. The van der Waals surface area contributed by atoms with Gasteiger partial charge in [0.2, 0.25) is 0 Å². The molecule has 86 valence electrons. The van der Waals surface area contributed by atoms with Crippen LogP contribution in [-0.2, 0) is 5.88 Å². The Morgan fingerprint density at radius 2 is 2.25 bits per heavy atom. The number of pyridine rings is 1. The van der Waals surface area contributed by atoms with E-state index < -0.39 is 0 Å². The highest BCUT2D eigenvalue weighted by atomic mass is 35.5. The van der Waals surface area contributed by atoms with Gasteiger partial charge < -0.3 is 4.57 Å². The minimum absolute atomic E-state index is 0.382. The summed E-state index contributed by atoms with van der Waals surface area (Å²) in [6.45, 7) is 6.38. The molecule has 0 spiro atoms. The summed E-state index contributed by atoms with van der Waals surface area (Å²) in [7, 11) is 0. The molecule has 0 radical (unpaired) electrons. The fraction of sp³-hybridized carbons (Fsp3) is 0.500. The van der Waals surface area contributed by atoms with Crippen LogP contribution in [0.1, 0.15) is 37.7 Å². The van der Waals surface area contributed by atoms with Crippen LogP contribution in [0.5, 0.6) is 0 Å². The summed E-state index contributed by atoms with van der Waals surface area (Å²) >= 11 is 5.95. The number of alkyl halides is 1. The monoisotopic (exact) mass is 237 g/mol. The smallest absolute Gasteiger partial charge is 0.160 e. The number of aromatic nitrogens is 3. The molecule has 2 heterocycles. The molecule has 0 bridgehead atoms. The molecule has 0 saturated carbocycles. The highest BCUT2D eigenvalue weighted by Crippen LogP contribution is 2.24. The molecule has 0 saturated heterocycles. The lowest BCUT2D eigenvalue weighted by Crippen LogP contribution is -2.08. The Kier molecular flexibility index (Phi) is 3.15. The molecule has 0 amide bonds. The van der Waals surface area contributed by atoms with E-state index in [4.69, 9.17) is 11.6 Å². The highest BCUT2D eigenvalue weighted by Gasteiger charge is 2.15. The first-order valence-electron chi connectivity index (χ1n) is 5.57. The fourth-order valence-corrected chi connectivity index (χ4v) is 2.08. The number of halogens is 1. The van der Waals surface area contributed by atoms with Gasteiger partial charge in [-0.15, -0.1) is 11.6 Å². The molecule has 0 fully saturated rings. The van der Waals surface area contributed by atoms with E-state index >= 15 is 0 Å². The van der Waals surface area contributed by atoms with Gasteiger partial charge in [0.15, 0.2) is 5.65 Å². The second kappa shape index (κ2) is 4.42. The second-order valence-electron chi connectivity index (χ2n) is 4.09. The summed E-state index contributed by atoms with van der Waals surface area (Å²) in [5.41, 5.74) is 3.07. The summed E-state index contributed by atoms with van der Waals surface area (Å²) in [6, 6.07) is 2.36. The van der Waals surface area contributed by atoms with Gasteiger partial charge in [-0.2, -0.15) is 0 Å². The quantitative estimate of drug-likeness (QED) is 0.766. The van der Waals surface area contributed by atoms with E-state index in [9.17, 15) is 0 Å². The number of imidazole rings is 1. The highest BCUT2D eigenvalue weighted by molar-refractivity contribution is 6.16. The van der Waals surface area contributed by atoms with E-state index in [1.165, 1.54) is 0 Å². The van der Waals surface area contributed by atoms with Crippen molar-refractivity contribution >= 4 is 22.8 Å². The number of fused-ring (bicyclic) bond motifs is 1. The maximum absolute atomic E-state index is 5.95. The molecule has 1 atom stereocenters. The van der Waals surface area contributed by atoms with Gasteiger partial charge in [-0.25, -0.2) is 9.97 Å². The van der Waals surface area contributed by atoms with Crippen molar-refractivity contribution in [3.63, 3.8) is 0 Å². The zero-order chi connectivity index (χ0) is 11.7. The Balaban J connectivity index is 2.73. The average molecular weight is 238 g/mol. The van der Waals surface area contributed by atoms with Gasteiger partial charge in [-0.1, -0.05) is 6.92 Å². The molecule has 1 unspecified atom stereocenters. The van der Waals surface area contributed by atoms with Crippen LogP contribution < -0.4 is 0 Å². The van der Waals surface area contributed by atoms with Gasteiger partial charge in [0, 0.05) is 12.2 Å². The molecular weight excluding hydrogens is 222 g/mol. The van der Waals surface area contributed by atoms with E-state index in [1.54, 1.807) is 0 Å². The number of hydrogen-bond acceptors (Lipinski definition) is 2. The largest absolute Gasteiger partial charge is 0.309 e. The molecule has 3 nitrogen and oxygen atoms in total. The molecule has 0 aliphatic heterocycles. The molecular formula is C12H16ClN3. The zero-order valence-electron chi connectivity index (χ0n) is 9.87. The molecule has 0 aromatic carbocycles. The number of nitrogens with zero attached hydrogens (tertiary/aromatic N) is 3. The summed E-state index contributed by atoms with van der Waals surface area (Å²) in [5, 5.41) is 0. The first-order valence-corrected chi connectivity index (χ1v) is 6.10. The predicted molar refractivity (Wildman–Crippen MR) is 66.8 cm³/mol. The molecule has 2 rings (SSSR count). The Labute approximate surface area is 100 Å². The van der Waals surface area contributed by atoms with Crippen LogP contribution in [0.2, 0.25) is 0 Å². The molecule has 0 N–H and O–H groups in total. The minimum atomic E-state index is 0.382. The summed E-state index contributed by atoms with van der Waals surface area (Å²) in [4.78, 5) is 8.99. The molecule has 16 heavy (non-hydrogen) atoms. The lowest BCUT2D eigenvalue weighted by Gasteiger charge is -2.13. The van der Waals surface area contributed by atoms with Crippen molar-refractivity contribution in [1.29, 1.82) is 0 Å². The maximum atomic E-state index is 5.95. The summed E-state index contributed by atoms with van der Waals surface area (Å²) in [5.74, 6) is 1.34. The van der Waals surface area contributed by atoms with Crippen LogP contribution in [0.15, 0.2) is 12.3 Å². The number of rotatable bonds is 3. The normalized spacial score (nSPS) is 13.2. The third kappa shape index (κ3) is 1.69. The molecule has 2 aromatic heterocycles. The van der Waals surface area contributed by atoms with E-state index in [0.717, 1.165) is 29.0 Å². The third-order valence-electron chi connectivity index (χ3n) is 3.00. The molecule has 2 aromatic rings. The zero-order valence-corrected chi connectivity index (χ0v) is 10.6. The van der Waals surface area contributed by atoms with Crippen molar-refractivity contribution in [1.82, 2.24) is 14.5 Å². The van der Waals surface area contributed by atoms with Gasteiger partial charge in [0.1, 0.15) is 11.3 Å².